The number of carbonyl (C=O) groups excluding carboxylic acids is 2. The number of nitrogens with one attached hydrogen (secondary N) is 2. The van der Waals surface area contributed by atoms with E-state index in [0.29, 0.717) is 16.6 Å². The molecule has 8 heteroatoms. The SMILES string of the molecule is CCCC(=O)Nc1ccc(SC(C)C(=O)Nc2nc(-c3ccccc3Cl)cs2)cc1. The molecule has 5 nitrogen and oxygen atoms in total. The van der Waals surface area contributed by atoms with Crippen LogP contribution in [0, 0.1) is 0 Å². The minimum absolute atomic E-state index is 0.00487. The lowest BCUT2D eigenvalue weighted by Gasteiger charge is -2.11. The van der Waals surface area contributed by atoms with E-state index in [2.05, 4.69) is 15.6 Å². The number of rotatable bonds is 8. The summed E-state index contributed by atoms with van der Waals surface area (Å²) in [5.74, 6) is -0.120. The Hall–Kier alpha value is -2.35. The van der Waals surface area contributed by atoms with Gasteiger partial charge in [0.1, 0.15) is 0 Å². The van der Waals surface area contributed by atoms with Gasteiger partial charge in [0.05, 0.1) is 10.9 Å². The summed E-state index contributed by atoms with van der Waals surface area (Å²) in [5, 5.41) is 8.46. The summed E-state index contributed by atoms with van der Waals surface area (Å²) in [7, 11) is 0. The van der Waals surface area contributed by atoms with Gasteiger partial charge in [-0.3, -0.25) is 9.59 Å². The second-order valence-corrected chi connectivity index (χ2v) is 9.27. The van der Waals surface area contributed by atoms with Gasteiger partial charge >= 0.3 is 0 Å². The topological polar surface area (TPSA) is 71.1 Å². The normalized spacial score (nSPS) is 11.7. The zero-order valence-electron chi connectivity index (χ0n) is 16.6. The molecule has 2 amide bonds. The number of hydrogen-bond acceptors (Lipinski definition) is 5. The molecular weight excluding hydrogens is 438 g/mol. The van der Waals surface area contributed by atoms with Crippen LogP contribution in [0.15, 0.2) is 58.8 Å². The van der Waals surface area contributed by atoms with Gasteiger partial charge in [-0.25, -0.2) is 4.98 Å². The van der Waals surface area contributed by atoms with Crippen molar-refractivity contribution >= 4 is 57.3 Å². The van der Waals surface area contributed by atoms with Crippen molar-refractivity contribution in [1.29, 1.82) is 0 Å². The molecule has 0 saturated heterocycles. The lowest BCUT2D eigenvalue weighted by Crippen LogP contribution is -2.22. The highest BCUT2D eigenvalue weighted by Crippen LogP contribution is 2.31. The maximum Gasteiger partial charge on any atom is 0.239 e. The Morgan fingerprint density at radius 3 is 2.57 bits per heavy atom. The number of halogens is 1. The summed E-state index contributed by atoms with van der Waals surface area (Å²) in [6, 6.07) is 15.0. The number of amides is 2. The Morgan fingerprint density at radius 1 is 1.13 bits per heavy atom. The van der Waals surface area contributed by atoms with Crippen LogP contribution in [0.3, 0.4) is 0 Å². The molecule has 2 N–H and O–H groups in total. The van der Waals surface area contributed by atoms with Gasteiger partial charge in [-0.05, 0) is 43.7 Å². The maximum atomic E-state index is 12.6. The smallest absolute Gasteiger partial charge is 0.239 e. The standard InChI is InChI=1S/C22H22ClN3O2S2/c1-3-6-20(27)24-15-9-11-16(12-10-15)30-14(2)21(28)26-22-25-19(13-29-22)17-7-4-5-8-18(17)23/h4-5,7-14H,3,6H2,1-2H3,(H,24,27)(H,25,26,28). The number of nitrogens with zero attached hydrogens (tertiary/aromatic N) is 1. The van der Waals surface area contributed by atoms with E-state index in [4.69, 9.17) is 11.6 Å². The van der Waals surface area contributed by atoms with Gasteiger partial charge in [-0.1, -0.05) is 36.7 Å². The van der Waals surface area contributed by atoms with Crippen LogP contribution in [-0.4, -0.2) is 22.0 Å². The molecule has 1 unspecified atom stereocenters. The van der Waals surface area contributed by atoms with E-state index in [1.165, 1.54) is 23.1 Å². The van der Waals surface area contributed by atoms with Gasteiger partial charge in [-0.2, -0.15) is 0 Å². The van der Waals surface area contributed by atoms with Crippen LogP contribution in [0.5, 0.6) is 0 Å². The molecule has 0 bridgehead atoms. The van der Waals surface area contributed by atoms with E-state index >= 15 is 0 Å². The van der Waals surface area contributed by atoms with Crippen molar-refractivity contribution in [3.05, 3.63) is 58.9 Å². The number of aromatic nitrogens is 1. The van der Waals surface area contributed by atoms with E-state index in [9.17, 15) is 9.59 Å². The summed E-state index contributed by atoms with van der Waals surface area (Å²) in [5.41, 5.74) is 2.33. The highest BCUT2D eigenvalue weighted by Gasteiger charge is 2.17. The van der Waals surface area contributed by atoms with Crippen molar-refractivity contribution in [2.45, 2.75) is 36.8 Å². The lowest BCUT2D eigenvalue weighted by molar-refractivity contribution is -0.116. The number of thiazole rings is 1. The third-order valence-electron chi connectivity index (χ3n) is 4.18. The van der Waals surface area contributed by atoms with Gasteiger partial charge < -0.3 is 10.6 Å². The molecule has 0 aliphatic rings. The number of anilines is 2. The number of thioether (sulfide) groups is 1. The molecule has 156 valence electrons. The first-order chi connectivity index (χ1) is 14.5. The fourth-order valence-electron chi connectivity index (χ4n) is 2.66. The van der Waals surface area contributed by atoms with Crippen molar-refractivity contribution in [1.82, 2.24) is 4.98 Å². The summed E-state index contributed by atoms with van der Waals surface area (Å²) >= 11 is 9.03. The second kappa shape index (κ2) is 10.6. The number of benzene rings is 2. The van der Waals surface area contributed by atoms with E-state index in [-0.39, 0.29) is 17.1 Å². The highest BCUT2D eigenvalue weighted by molar-refractivity contribution is 8.00. The molecule has 1 atom stereocenters. The minimum atomic E-state index is -0.307. The van der Waals surface area contributed by atoms with Crippen LogP contribution in [0.1, 0.15) is 26.7 Å². The van der Waals surface area contributed by atoms with E-state index in [0.717, 1.165) is 28.3 Å². The van der Waals surface area contributed by atoms with Crippen LogP contribution >= 0.6 is 34.7 Å². The Labute approximate surface area is 189 Å². The third kappa shape index (κ3) is 6.08. The Bertz CT molecular complexity index is 1020. The number of hydrogen-bond donors (Lipinski definition) is 2. The quantitative estimate of drug-likeness (QED) is 0.386. The lowest BCUT2D eigenvalue weighted by atomic mass is 10.2. The molecule has 3 aromatic rings. The first kappa shape index (κ1) is 22.3. The molecule has 0 saturated carbocycles. The fraction of sp³-hybridized carbons (Fsp3) is 0.227. The largest absolute Gasteiger partial charge is 0.326 e. The molecule has 30 heavy (non-hydrogen) atoms. The van der Waals surface area contributed by atoms with Crippen LogP contribution in [0.4, 0.5) is 10.8 Å². The number of carbonyl (C=O) groups is 2. The summed E-state index contributed by atoms with van der Waals surface area (Å²) < 4.78 is 0. The van der Waals surface area contributed by atoms with Gasteiger partial charge in [0, 0.05) is 33.0 Å². The molecule has 2 aromatic carbocycles. The van der Waals surface area contributed by atoms with Gasteiger partial charge in [0.25, 0.3) is 0 Å². The Morgan fingerprint density at radius 2 is 1.87 bits per heavy atom. The van der Waals surface area contributed by atoms with Crippen molar-refractivity contribution in [3.8, 4) is 11.3 Å². The second-order valence-electron chi connectivity index (χ2n) is 6.59. The molecule has 0 radical (unpaired) electrons. The van der Waals surface area contributed by atoms with Crippen LogP contribution < -0.4 is 10.6 Å². The van der Waals surface area contributed by atoms with Crippen molar-refractivity contribution < 1.29 is 9.59 Å². The first-order valence-corrected chi connectivity index (χ1v) is 11.7. The molecule has 3 rings (SSSR count). The van der Waals surface area contributed by atoms with Crippen LogP contribution in [-0.2, 0) is 9.59 Å². The predicted octanol–water partition coefficient (Wildman–Crippen LogP) is 6.32. The zero-order chi connectivity index (χ0) is 21.5. The molecule has 0 fully saturated rings. The van der Waals surface area contributed by atoms with Crippen molar-refractivity contribution in [2.75, 3.05) is 10.6 Å². The van der Waals surface area contributed by atoms with Crippen LogP contribution in [0.25, 0.3) is 11.3 Å². The minimum Gasteiger partial charge on any atom is -0.326 e. The van der Waals surface area contributed by atoms with Crippen molar-refractivity contribution in [3.63, 3.8) is 0 Å². The Kier molecular flexibility index (Phi) is 7.90. The Balaban J connectivity index is 1.56. The molecular formula is C22H22ClN3O2S2. The van der Waals surface area contributed by atoms with Crippen molar-refractivity contribution in [2.24, 2.45) is 0 Å². The summed E-state index contributed by atoms with van der Waals surface area (Å²) in [6.45, 7) is 3.81. The fourth-order valence-corrected chi connectivity index (χ4v) is 4.47. The summed E-state index contributed by atoms with van der Waals surface area (Å²) in [4.78, 5) is 29.7. The summed E-state index contributed by atoms with van der Waals surface area (Å²) in [6.07, 6.45) is 1.31. The predicted molar refractivity (Wildman–Crippen MR) is 126 cm³/mol. The maximum absolute atomic E-state index is 12.6. The molecule has 1 aromatic heterocycles. The first-order valence-electron chi connectivity index (χ1n) is 9.54. The van der Waals surface area contributed by atoms with Gasteiger partial charge in [0.15, 0.2) is 5.13 Å². The van der Waals surface area contributed by atoms with Crippen LogP contribution in [0.2, 0.25) is 5.02 Å². The zero-order valence-corrected chi connectivity index (χ0v) is 19.0. The van der Waals surface area contributed by atoms with E-state index in [1.54, 1.807) is 0 Å². The molecule has 0 aliphatic heterocycles. The monoisotopic (exact) mass is 459 g/mol. The molecule has 1 heterocycles. The molecule has 0 spiro atoms. The average molecular weight is 460 g/mol. The van der Waals surface area contributed by atoms with E-state index in [1.807, 2.05) is 67.8 Å². The third-order valence-corrected chi connectivity index (χ3v) is 6.38. The van der Waals surface area contributed by atoms with Gasteiger partial charge in [-0.15, -0.1) is 23.1 Å². The van der Waals surface area contributed by atoms with Gasteiger partial charge in [0.2, 0.25) is 11.8 Å². The molecule has 0 aliphatic carbocycles. The average Bonchev–Trinajstić information content (AvgIpc) is 3.18. The highest BCUT2D eigenvalue weighted by atomic mass is 35.5. The van der Waals surface area contributed by atoms with E-state index < -0.39 is 0 Å².